The molecule has 0 fully saturated rings. The van der Waals surface area contributed by atoms with Gasteiger partial charge < -0.3 is 20.1 Å². The largest absolute Gasteiger partial charge is 0.493 e. The van der Waals surface area contributed by atoms with Crippen LogP contribution >= 0.6 is 0 Å². The molecule has 0 aliphatic heterocycles. The number of aromatic nitrogens is 3. The van der Waals surface area contributed by atoms with E-state index < -0.39 is 23.5 Å². The van der Waals surface area contributed by atoms with Crippen molar-refractivity contribution in [2.75, 3.05) is 26.1 Å². The second-order valence-corrected chi connectivity index (χ2v) is 6.92. The molecule has 0 aliphatic rings. The molecule has 2 amide bonds. The molecule has 2 N–H and O–H groups in total. The van der Waals surface area contributed by atoms with Crippen LogP contribution in [-0.4, -0.2) is 41.1 Å². The first kappa shape index (κ1) is 23.7. The van der Waals surface area contributed by atoms with Crippen LogP contribution < -0.4 is 25.8 Å². The van der Waals surface area contributed by atoms with E-state index in [1.54, 1.807) is 18.2 Å². The molecule has 0 radical (unpaired) electrons. The molecule has 0 atom stereocenters. The average Bonchev–Trinajstić information content (AvgIpc) is 3.07. The van der Waals surface area contributed by atoms with Gasteiger partial charge in [-0.1, -0.05) is 12.1 Å². The molecular weight excluding hydrogens is 443 g/mol. The minimum absolute atomic E-state index is 0.0188. The lowest BCUT2D eigenvalue weighted by atomic mass is 10.1. The van der Waals surface area contributed by atoms with Crippen LogP contribution in [0.4, 0.5) is 23.7 Å². The van der Waals surface area contributed by atoms with E-state index in [0.717, 1.165) is 21.4 Å². The van der Waals surface area contributed by atoms with Crippen LogP contribution in [0.3, 0.4) is 0 Å². The van der Waals surface area contributed by atoms with Gasteiger partial charge in [0.1, 0.15) is 0 Å². The summed E-state index contributed by atoms with van der Waals surface area (Å²) in [5, 5.41) is 9.34. The molecule has 33 heavy (non-hydrogen) atoms. The third-order valence-corrected chi connectivity index (χ3v) is 4.74. The summed E-state index contributed by atoms with van der Waals surface area (Å²) in [6, 6.07) is 8.90. The SMILES string of the molecule is COc1ccc(NC(=O)NCCn2nc(-c3cccc(C(F)(F)F)c3)n(C)c2=O)cc1OC. The van der Waals surface area contributed by atoms with Crippen LogP contribution in [0, 0.1) is 0 Å². The summed E-state index contributed by atoms with van der Waals surface area (Å²) in [4.78, 5) is 24.6. The van der Waals surface area contributed by atoms with E-state index in [1.165, 1.54) is 33.4 Å². The predicted molar refractivity (Wildman–Crippen MR) is 114 cm³/mol. The number of anilines is 1. The van der Waals surface area contributed by atoms with Crippen LogP contribution in [0.5, 0.6) is 11.5 Å². The highest BCUT2D eigenvalue weighted by atomic mass is 19.4. The average molecular weight is 465 g/mol. The number of alkyl halides is 3. The molecule has 12 heteroatoms. The van der Waals surface area contributed by atoms with E-state index in [2.05, 4.69) is 15.7 Å². The van der Waals surface area contributed by atoms with Crippen molar-refractivity contribution in [3.8, 4) is 22.9 Å². The number of carbonyl (C=O) groups is 1. The molecule has 2 aromatic carbocycles. The number of methoxy groups -OCH3 is 2. The minimum atomic E-state index is -4.51. The Morgan fingerprint density at radius 1 is 1.09 bits per heavy atom. The standard InChI is InChI=1S/C21H22F3N5O4/c1-28-18(13-5-4-6-14(11-13)21(22,23)24)27-29(20(28)31)10-9-25-19(30)26-15-7-8-16(32-2)17(12-15)33-3/h4-8,11-12H,9-10H2,1-3H3,(H2,25,26,30). The fraction of sp³-hybridized carbons (Fsp3) is 0.286. The Labute approximate surface area is 186 Å². The van der Waals surface area contributed by atoms with Crippen molar-refractivity contribution in [3.63, 3.8) is 0 Å². The first-order valence-electron chi connectivity index (χ1n) is 9.72. The van der Waals surface area contributed by atoms with Crippen molar-refractivity contribution in [1.29, 1.82) is 0 Å². The number of ether oxygens (including phenoxy) is 2. The van der Waals surface area contributed by atoms with Gasteiger partial charge in [0.2, 0.25) is 0 Å². The van der Waals surface area contributed by atoms with Crippen LogP contribution in [-0.2, 0) is 19.8 Å². The quantitative estimate of drug-likeness (QED) is 0.559. The second kappa shape index (κ2) is 9.67. The summed E-state index contributed by atoms with van der Waals surface area (Å²) in [6.07, 6.45) is -4.51. The summed E-state index contributed by atoms with van der Waals surface area (Å²) in [7, 11) is 4.38. The Kier molecular flexibility index (Phi) is 6.95. The number of carbonyl (C=O) groups excluding carboxylic acids is 1. The molecule has 176 valence electrons. The third kappa shape index (κ3) is 5.45. The van der Waals surface area contributed by atoms with E-state index >= 15 is 0 Å². The topological polar surface area (TPSA) is 99.4 Å². The summed E-state index contributed by atoms with van der Waals surface area (Å²) < 4.78 is 51.5. The smallest absolute Gasteiger partial charge is 0.416 e. The zero-order valence-electron chi connectivity index (χ0n) is 18.1. The van der Waals surface area contributed by atoms with Crippen molar-refractivity contribution in [3.05, 3.63) is 58.5 Å². The van der Waals surface area contributed by atoms with Crippen LogP contribution in [0.1, 0.15) is 5.56 Å². The predicted octanol–water partition coefficient (Wildman–Crippen LogP) is 3.11. The Morgan fingerprint density at radius 3 is 2.48 bits per heavy atom. The summed E-state index contributed by atoms with van der Waals surface area (Å²) >= 11 is 0. The molecule has 0 saturated heterocycles. The Morgan fingerprint density at radius 2 is 1.82 bits per heavy atom. The molecule has 0 spiro atoms. The highest BCUT2D eigenvalue weighted by molar-refractivity contribution is 5.89. The van der Waals surface area contributed by atoms with Crippen molar-refractivity contribution >= 4 is 11.7 Å². The first-order chi connectivity index (χ1) is 15.6. The number of hydrogen-bond acceptors (Lipinski definition) is 5. The number of nitrogens with zero attached hydrogens (tertiary/aromatic N) is 3. The van der Waals surface area contributed by atoms with E-state index in [9.17, 15) is 22.8 Å². The highest BCUT2D eigenvalue weighted by Gasteiger charge is 2.31. The first-order valence-corrected chi connectivity index (χ1v) is 9.72. The summed E-state index contributed by atoms with van der Waals surface area (Å²) in [5.74, 6) is 1.04. The van der Waals surface area contributed by atoms with Gasteiger partial charge in [-0.3, -0.25) is 4.57 Å². The van der Waals surface area contributed by atoms with Gasteiger partial charge in [0, 0.05) is 30.9 Å². The molecule has 0 saturated carbocycles. The second-order valence-electron chi connectivity index (χ2n) is 6.92. The van der Waals surface area contributed by atoms with Crippen molar-refractivity contribution in [2.24, 2.45) is 7.05 Å². The van der Waals surface area contributed by atoms with Gasteiger partial charge in [-0.05, 0) is 24.3 Å². The van der Waals surface area contributed by atoms with Gasteiger partial charge in [0.05, 0.1) is 26.3 Å². The number of rotatable bonds is 7. The van der Waals surface area contributed by atoms with E-state index in [-0.39, 0.29) is 24.5 Å². The fourth-order valence-corrected chi connectivity index (χ4v) is 3.08. The van der Waals surface area contributed by atoms with E-state index in [4.69, 9.17) is 9.47 Å². The number of hydrogen-bond donors (Lipinski definition) is 2. The molecule has 1 aromatic heterocycles. The maximum atomic E-state index is 13.0. The highest BCUT2D eigenvalue weighted by Crippen LogP contribution is 2.31. The number of nitrogens with one attached hydrogen (secondary N) is 2. The Hall–Kier alpha value is -3.96. The molecule has 9 nitrogen and oxygen atoms in total. The zero-order valence-corrected chi connectivity index (χ0v) is 18.1. The normalized spacial score (nSPS) is 11.2. The number of benzene rings is 2. The van der Waals surface area contributed by atoms with E-state index in [1.807, 2.05) is 0 Å². The Balaban J connectivity index is 1.65. The maximum absolute atomic E-state index is 13.0. The molecule has 0 aliphatic carbocycles. The van der Waals surface area contributed by atoms with E-state index in [0.29, 0.717) is 17.2 Å². The molecular formula is C21H22F3N5O4. The van der Waals surface area contributed by atoms with Gasteiger partial charge in [-0.25, -0.2) is 14.3 Å². The van der Waals surface area contributed by atoms with Crippen LogP contribution in [0.15, 0.2) is 47.3 Å². The zero-order chi connectivity index (χ0) is 24.2. The fourth-order valence-electron chi connectivity index (χ4n) is 3.08. The maximum Gasteiger partial charge on any atom is 0.416 e. The monoisotopic (exact) mass is 465 g/mol. The summed E-state index contributed by atoms with van der Waals surface area (Å²) in [5.41, 5.74) is -0.741. The lowest BCUT2D eigenvalue weighted by molar-refractivity contribution is -0.137. The number of urea groups is 1. The van der Waals surface area contributed by atoms with Crippen molar-refractivity contribution < 1.29 is 27.4 Å². The van der Waals surface area contributed by atoms with Gasteiger partial charge >= 0.3 is 17.9 Å². The third-order valence-electron chi connectivity index (χ3n) is 4.74. The van der Waals surface area contributed by atoms with Gasteiger partial charge in [-0.15, -0.1) is 5.10 Å². The lowest BCUT2D eigenvalue weighted by Crippen LogP contribution is -2.34. The molecule has 3 rings (SSSR count). The Bertz CT molecular complexity index is 1200. The van der Waals surface area contributed by atoms with Crippen LogP contribution in [0.25, 0.3) is 11.4 Å². The lowest BCUT2D eigenvalue weighted by Gasteiger charge is -2.11. The number of amides is 2. The van der Waals surface area contributed by atoms with Gasteiger partial charge in [0.15, 0.2) is 17.3 Å². The molecule has 1 heterocycles. The van der Waals surface area contributed by atoms with Crippen LogP contribution in [0.2, 0.25) is 0 Å². The van der Waals surface area contributed by atoms with Crippen molar-refractivity contribution in [1.82, 2.24) is 19.7 Å². The van der Waals surface area contributed by atoms with Gasteiger partial charge in [-0.2, -0.15) is 13.2 Å². The van der Waals surface area contributed by atoms with Gasteiger partial charge in [0.25, 0.3) is 0 Å². The minimum Gasteiger partial charge on any atom is -0.493 e. The molecule has 3 aromatic rings. The molecule has 0 unspecified atom stereocenters. The van der Waals surface area contributed by atoms with Crippen molar-refractivity contribution in [2.45, 2.75) is 12.7 Å². The number of halogens is 3. The molecule has 0 bridgehead atoms. The summed E-state index contributed by atoms with van der Waals surface area (Å²) in [6.45, 7) is 0.0725.